The molecule has 1 aromatic carbocycles. The highest BCUT2D eigenvalue weighted by Gasteiger charge is 2.49. The molecule has 112 valence electrons. The van der Waals surface area contributed by atoms with Gasteiger partial charge in [0.25, 0.3) is 0 Å². The number of hydrogen-bond donors (Lipinski definition) is 1. The second kappa shape index (κ2) is 4.61. The molecule has 0 spiro atoms. The van der Waals surface area contributed by atoms with Crippen molar-refractivity contribution in [2.45, 2.75) is 26.3 Å². The SMILES string of the molecule is COc1cc(N)c(-c2nnnn2C2CC2(C)C)cc1OC. The number of nitrogens with zero attached hydrogens (tertiary/aromatic N) is 4. The van der Waals surface area contributed by atoms with Crippen LogP contribution in [0.15, 0.2) is 12.1 Å². The van der Waals surface area contributed by atoms with E-state index in [9.17, 15) is 0 Å². The quantitative estimate of drug-likeness (QED) is 0.865. The smallest absolute Gasteiger partial charge is 0.184 e. The fourth-order valence-corrected chi connectivity index (χ4v) is 2.53. The molecule has 1 saturated carbocycles. The van der Waals surface area contributed by atoms with Gasteiger partial charge in [0.15, 0.2) is 17.3 Å². The molecule has 0 aliphatic heterocycles. The van der Waals surface area contributed by atoms with Gasteiger partial charge < -0.3 is 15.2 Å². The molecule has 2 N–H and O–H groups in total. The van der Waals surface area contributed by atoms with E-state index in [-0.39, 0.29) is 5.41 Å². The molecule has 1 atom stereocenters. The van der Waals surface area contributed by atoms with E-state index in [1.165, 1.54) is 0 Å². The van der Waals surface area contributed by atoms with Gasteiger partial charge in [0, 0.05) is 17.3 Å². The van der Waals surface area contributed by atoms with Crippen LogP contribution in [0.4, 0.5) is 5.69 Å². The first kappa shape index (κ1) is 13.7. The van der Waals surface area contributed by atoms with Gasteiger partial charge in [-0.25, -0.2) is 4.68 Å². The largest absolute Gasteiger partial charge is 0.493 e. The number of benzene rings is 1. The minimum atomic E-state index is 0.218. The van der Waals surface area contributed by atoms with Crippen molar-refractivity contribution in [3.05, 3.63) is 12.1 Å². The fourth-order valence-electron chi connectivity index (χ4n) is 2.53. The molecule has 3 rings (SSSR count). The van der Waals surface area contributed by atoms with Crippen LogP contribution in [0.1, 0.15) is 26.3 Å². The number of tetrazole rings is 1. The van der Waals surface area contributed by atoms with Crippen LogP contribution in [-0.4, -0.2) is 34.4 Å². The normalized spacial score (nSPS) is 19.3. The average Bonchev–Trinajstić information content (AvgIpc) is 2.88. The summed E-state index contributed by atoms with van der Waals surface area (Å²) in [7, 11) is 3.17. The van der Waals surface area contributed by atoms with Crippen molar-refractivity contribution in [2.75, 3.05) is 20.0 Å². The number of nitrogens with two attached hydrogens (primary N) is 1. The summed E-state index contributed by atoms with van der Waals surface area (Å²) in [6.07, 6.45) is 1.05. The van der Waals surface area contributed by atoms with Gasteiger partial charge >= 0.3 is 0 Å². The number of rotatable bonds is 4. The number of anilines is 1. The van der Waals surface area contributed by atoms with Gasteiger partial charge in [0.05, 0.1) is 20.3 Å². The van der Waals surface area contributed by atoms with Gasteiger partial charge in [0.1, 0.15) is 0 Å². The van der Waals surface area contributed by atoms with Gasteiger partial charge in [-0.2, -0.15) is 0 Å². The minimum Gasteiger partial charge on any atom is -0.493 e. The topological polar surface area (TPSA) is 88.1 Å². The van der Waals surface area contributed by atoms with Gasteiger partial charge in [0.2, 0.25) is 0 Å². The molecule has 7 heteroatoms. The van der Waals surface area contributed by atoms with Crippen molar-refractivity contribution in [2.24, 2.45) is 5.41 Å². The van der Waals surface area contributed by atoms with Crippen LogP contribution < -0.4 is 15.2 Å². The first-order chi connectivity index (χ1) is 9.97. The Labute approximate surface area is 123 Å². The number of methoxy groups -OCH3 is 2. The second-order valence-corrected chi connectivity index (χ2v) is 5.95. The maximum absolute atomic E-state index is 6.12. The van der Waals surface area contributed by atoms with Crippen LogP contribution in [0.3, 0.4) is 0 Å². The third-order valence-corrected chi connectivity index (χ3v) is 4.05. The minimum absolute atomic E-state index is 0.218. The van der Waals surface area contributed by atoms with E-state index in [1.807, 2.05) is 10.7 Å². The molecule has 21 heavy (non-hydrogen) atoms. The van der Waals surface area contributed by atoms with E-state index < -0.39 is 0 Å². The summed E-state index contributed by atoms with van der Waals surface area (Å²) < 4.78 is 12.4. The molecule has 1 heterocycles. The Kier molecular flexibility index (Phi) is 3.00. The zero-order valence-electron chi connectivity index (χ0n) is 12.6. The Morgan fingerprint density at radius 2 is 1.86 bits per heavy atom. The molecule has 2 aromatic rings. The highest BCUT2D eigenvalue weighted by molar-refractivity contribution is 5.76. The monoisotopic (exact) mass is 289 g/mol. The summed E-state index contributed by atoms with van der Waals surface area (Å²) in [6.45, 7) is 4.39. The lowest BCUT2D eigenvalue weighted by atomic mass is 10.1. The van der Waals surface area contributed by atoms with Gasteiger partial charge in [-0.3, -0.25) is 0 Å². The standard InChI is InChI=1S/C14H19N5O2/c1-14(2)7-12(14)19-13(16-17-18-19)8-5-10(20-3)11(21-4)6-9(8)15/h5-6,12H,7,15H2,1-4H3. The molecular weight excluding hydrogens is 270 g/mol. The number of ether oxygens (including phenoxy) is 2. The van der Waals surface area contributed by atoms with E-state index in [2.05, 4.69) is 29.4 Å². The van der Waals surface area contributed by atoms with Crippen LogP contribution in [0, 0.1) is 5.41 Å². The van der Waals surface area contributed by atoms with Gasteiger partial charge in [-0.15, -0.1) is 5.10 Å². The molecule has 0 bridgehead atoms. The molecule has 1 aliphatic carbocycles. The van der Waals surface area contributed by atoms with Crippen molar-refractivity contribution in [3.8, 4) is 22.9 Å². The Bertz CT molecular complexity index is 680. The van der Waals surface area contributed by atoms with E-state index >= 15 is 0 Å². The zero-order chi connectivity index (χ0) is 15.2. The Morgan fingerprint density at radius 1 is 1.24 bits per heavy atom. The Hall–Kier alpha value is -2.31. The number of aromatic nitrogens is 4. The highest BCUT2D eigenvalue weighted by Crippen LogP contribution is 2.56. The van der Waals surface area contributed by atoms with Crippen molar-refractivity contribution >= 4 is 5.69 Å². The highest BCUT2D eigenvalue weighted by atomic mass is 16.5. The van der Waals surface area contributed by atoms with Crippen molar-refractivity contribution in [3.63, 3.8) is 0 Å². The lowest BCUT2D eigenvalue weighted by molar-refractivity contribution is 0.355. The molecular formula is C14H19N5O2. The van der Waals surface area contributed by atoms with Crippen LogP contribution in [0.5, 0.6) is 11.5 Å². The summed E-state index contributed by atoms with van der Waals surface area (Å²) in [4.78, 5) is 0. The fraction of sp³-hybridized carbons (Fsp3) is 0.500. The molecule has 0 amide bonds. The Morgan fingerprint density at radius 3 is 2.43 bits per heavy atom. The maximum Gasteiger partial charge on any atom is 0.184 e. The maximum atomic E-state index is 6.12. The first-order valence-electron chi connectivity index (χ1n) is 6.77. The zero-order valence-corrected chi connectivity index (χ0v) is 12.6. The van der Waals surface area contributed by atoms with Crippen LogP contribution in [-0.2, 0) is 0 Å². The van der Waals surface area contributed by atoms with Crippen LogP contribution in [0.2, 0.25) is 0 Å². The number of hydrogen-bond acceptors (Lipinski definition) is 6. The molecule has 1 fully saturated rings. The van der Waals surface area contributed by atoms with Gasteiger partial charge in [-0.05, 0) is 28.3 Å². The van der Waals surface area contributed by atoms with E-state index in [4.69, 9.17) is 15.2 Å². The van der Waals surface area contributed by atoms with Crippen molar-refractivity contribution < 1.29 is 9.47 Å². The molecule has 0 saturated heterocycles. The first-order valence-corrected chi connectivity index (χ1v) is 6.77. The lowest BCUT2D eigenvalue weighted by Gasteiger charge is -2.13. The molecule has 0 radical (unpaired) electrons. The molecule has 1 aliphatic rings. The summed E-state index contributed by atoms with van der Waals surface area (Å²) in [6, 6.07) is 3.84. The summed E-state index contributed by atoms with van der Waals surface area (Å²) in [5, 5.41) is 12.0. The predicted octanol–water partition coefficient (Wildman–Crippen LogP) is 1.91. The van der Waals surface area contributed by atoms with E-state index in [1.54, 1.807) is 20.3 Å². The lowest BCUT2D eigenvalue weighted by Crippen LogP contribution is -2.06. The van der Waals surface area contributed by atoms with Crippen molar-refractivity contribution in [1.82, 2.24) is 20.2 Å². The summed E-state index contributed by atoms with van der Waals surface area (Å²) in [5.41, 5.74) is 7.65. The third kappa shape index (κ3) is 2.18. The molecule has 7 nitrogen and oxygen atoms in total. The van der Waals surface area contributed by atoms with E-state index in [0.29, 0.717) is 29.1 Å². The third-order valence-electron chi connectivity index (χ3n) is 4.05. The second-order valence-electron chi connectivity index (χ2n) is 5.95. The summed E-state index contributed by atoms with van der Waals surface area (Å²) in [5.74, 6) is 1.85. The molecule has 1 unspecified atom stereocenters. The van der Waals surface area contributed by atoms with Crippen LogP contribution >= 0.6 is 0 Å². The van der Waals surface area contributed by atoms with Crippen LogP contribution in [0.25, 0.3) is 11.4 Å². The van der Waals surface area contributed by atoms with Crippen molar-refractivity contribution in [1.29, 1.82) is 0 Å². The Balaban J connectivity index is 2.08. The van der Waals surface area contributed by atoms with Gasteiger partial charge in [-0.1, -0.05) is 13.8 Å². The number of nitrogen functional groups attached to an aromatic ring is 1. The summed E-state index contributed by atoms with van der Waals surface area (Å²) >= 11 is 0. The molecule has 1 aromatic heterocycles. The predicted molar refractivity (Wildman–Crippen MR) is 78.2 cm³/mol. The van der Waals surface area contributed by atoms with E-state index in [0.717, 1.165) is 12.0 Å². The average molecular weight is 289 g/mol.